The number of rotatable bonds is 8. The molecule has 0 aliphatic carbocycles. The summed E-state index contributed by atoms with van der Waals surface area (Å²) in [5.41, 5.74) is 1.33. The number of hydrogen-bond donors (Lipinski definition) is 2. The predicted octanol–water partition coefficient (Wildman–Crippen LogP) is 2.28. The molecule has 3 aliphatic heterocycles. The summed E-state index contributed by atoms with van der Waals surface area (Å²) in [6.45, 7) is 0.432. The van der Waals surface area contributed by atoms with Crippen molar-refractivity contribution in [3.8, 4) is 5.88 Å². The molecule has 1 aromatic carbocycles. The molecule has 2 atom stereocenters. The molecule has 4 heterocycles. The van der Waals surface area contributed by atoms with Gasteiger partial charge in [-0.15, -0.1) is 23.5 Å². The van der Waals surface area contributed by atoms with Crippen LogP contribution in [0.3, 0.4) is 0 Å². The molecule has 2 N–H and O–H groups in total. The van der Waals surface area contributed by atoms with E-state index in [1.54, 1.807) is 29.3 Å². The van der Waals surface area contributed by atoms with Crippen molar-refractivity contribution >= 4 is 52.9 Å². The first-order chi connectivity index (χ1) is 18.4. The summed E-state index contributed by atoms with van der Waals surface area (Å²) in [6.07, 6.45) is 3.57. The molecule has 2 fully saturated rings. The molecule has 1 aromatic heterocycles. The SMILES string of the molecule is COc1ccc(N2CC/C(=C\C3=C(C(=O)O)N4C(=O)[C@@H](NC(=O)CSc5ccccc5)[C@H]4SC3)C2=O)cn1. The molecule has 2 saturated heterocycles. The number of hydrogen-bond acceptors (Lipinski definition) is 8. The van der Waals surface area contributed by atoms with E-state index in [9.17, 15) is 24.3 Å². The number of benzene rings is 1. The van der Waals surface area contributed by atoms with E-state index in [0.29, 0.717) is 41.4 Å². The fraction of sp³-hybridized carbons (Fsp3) is 0.269. The molecule has 196 valence electrons. The summed E-state index contributed by atoms with van der Waals surface area (Å²) in [7, 11) is 1.51. The Kier molecular flexibility index (Phi) is 7.43. The number of carboxylic acids is 1. The number of thioether (sulfide) groups is 2. The number of amides is 3. The number of ether oxygens (including phenoxy) is 1. The van der Waals surface area contributed by atoms with Crippen LogP contribution in [0.1, 0.15) is 6.42 Å². The highest BCUT2D eigenvalue weighted by Gasteiger charge is 2.54. The lowest BCUT2D eigenvalue weighted by Crippen LogP contribution is -2.70. The second kappa shape index (κ2) is 10.9. The maximum Gasteiger partial charge on any atom is 0.352 e. The van der Waals surface area contributed by atoms with Crippen molar-refractivity contribution in [2.45, 2.75) is 22.7 Å². The molecule has 12 heteroatoms. The van der Waals surface area contributed by atoms with Gasteiger partial charge in [-0.2, -0.15) is 0 Å². The second-order valence-electron chi connectivity index (χ2n) is 8.67. The summed E-state index contributed by atoms with van der Waals surface area (Å²) in [5.74, 6) is -1.38. The number of anilines is 1. The largest absolute Gasteiger partial charge is 0.481 e. The minimum Gasteiger partial charge on any atom is -0.481 e. The van der Waals surface area contributed by atoms with Crippen molar-refractivity contribution < 1.29 is 29.0 Å². The highest BCUT2D eigenvalue weighted by molar-refractivity contribution is 8.00. The molecule has 2 aromatic rings. The third kappa shape index (κ3) is 5.01. The second-order valence-corrected chi connectivity index (χ2v) is 10.8. The van der Waals surface area contributed by atoms with Gasteiger partial charge in [0.05, 0.1) is 24.7 Å². The number of aromatic nitrogens is 1. The lowest BCUT2D eigenvalue weighted by atomic mass is 10.0. The Morgan fingerprint density at radius 3 is 2.71 bits per heavy atom. The third-order valence-electron chi connectivity index (χ3n) is 6.34. The first-order valence-electron chi connectivity index (χ1n) is 11.8. The molecule has 0 radical (unpaired) electrons. The Hall–Kier alpha value is -3.77. The number of carboxylic acid groups (broad SMARTS) is 1. The Balaban J connectivity index is 1.28. The van der Waals surface area contributed by atoms with E-state index in [1.165, 1.54) is 35.5 Å². The first-order valence-corrected chi connectivity index (χ1v) is 13.8. The smallest absolute Gasteiger partial charge is 0.352 e. The summed E-state index contributed by atoms with van der Waals surface area (Å²) in [4.78, 5) is 58.5. The van der Waals surface area contributed by atoms with Crippen molar-refractivity contribution in [1.29, 1.82) is 0 Å². The van der Waals surface area contributed by atoms with Gasteiger partial charge in [0.2, 0.25) is 11.8 Å². The van der Waals surface area contributed by atoms with E-state index >= 15 is 0 Å². The minimum atomic E-state index is -1.25. The van der Waals surface area contributed by atoms with Crippen LogP contribution in [-0.4, -0.2) is 75.3 Å². The van der Waals surface area contributed by atoms with E-state index in [2.05, 4.69) is 10.3 Å². The van der Waals surface area contributed by atoms with Crippen LogP contribution >= 0.6 is 23.5 Å². The zero-order valence-corrected chi connectivity index (χ0v) is 22.0. The summed E-state index contributed by atoms with van der Waals surface area (Å²) in [6, 6.07) is 12.1. The van der Waals surface area contributed by atoms with E-state index < -0.39 is 23.3 Å². The van der Waals surface area contributed by atoms with Crippen molar-refractivity contribution in [3.63, 3.8) is 0 Å². The van der Waals surface area contributed by atoms with E-state index in [4.69, 9.17) is 4.74 Å². The Morgan fingerprint density at radius 2 is 2.03 bits per heavy atom. The molecule has 0 spiro atoms. The molecule has 5 rings (SSSR count). The quantitative estimate of drug-likeness (QED) is 0.288. The van der Waals surface area contributed by atoms with Crippen LogP contribution in [0.5, 0.6) is 5.88 Å². The fourth-order valence-corrected chi connectivity index (χ4v) is 6.53. The topological polar surface area (TPSA) is 129 Å². The number of methoxy groups -OCH3 is 1. The van der Waals surface area contributed by atoms with Crippen LogP contribution in [0.4, 0.5) is 5.69 Å². The van der Waals surface area contributed by atoms with Crippen LogP contribution in [0.15, 0.2) is 76.5 Å². The number of nitrogens with zero attached hydrogens (tertiary/aromatic N) is 3. The molecular weight excluding hydrogens is 528 g/mol. The first kappa shape index (κ1) is 25.9. The van der Waals surface area contributed by atoms with E-state index in [-0.39, 0.29) is 23.3 Å². The summed E-state index contributed by atoms with van der Waals surface area (Å²) in [5, 5.41) is 12.2. The van der Waals surface area contributed by atoms with Crippen LogP contribution in [0, 0.1) is 0 Å². The van der Waals surface area contributed by atoms with Crippen molar-refractivity contribution in [3.05, 3.63) is 71.6 Å². The fourth-order valence-electron chi connectivity index (χ4n) is 4.49. The molecule has 0 unspecified atom stereocenters. The van der Waals surface area contributed by atoms with Crippen LogP contribution in [0.25, 0.3) is 0 Å². The number of aliphatic carboxylic acids is 1. The maximum absolute atomic E-state index is 13.1. The van der Waals surface area contributed by atoms with Gasteiger partial charge >= 0.3 is 5.97 Å². The van der Waals surface area contributed by atoms with Crippen LogP contribution < -0.4 is 15.0 Å². The molecule has 3 amide bonds. The average Bonchev–Trinajstić information content (AvgIpc) is 3.30. The highest BCUT2D eigenvalue weighted by Crippen LogP contribution is 2.41. The van der Waals surface area contributed by atoms with Gasteiger partial charge in [-0.3, -0.25) is 19.3 Å². The number of nitrogens with one attached hydrogen (secondary N) is 1. The van der Waals surface area contributed by atoms with Gasteiger partial charge in [0.1, 0.15) is 17.1 Å². The van der Waals surface area contributed by atoms with Gasteiger partial charge in [0.15, 0.2) is 0 Å². The zero-order chi connectivity index (χ0) is 26.8. The molecule has 10 nitrogen and oxygen atoms in total. The van der Waals surface area contributed by atoms with Crippen LogP contribution in [0.2, 0.25) is 0 Å². The Morgan fingerprint density at radius 1 is 1.24 bits per heavy atom. The van der Waals surface area contributed by atoms with Gasteiger partial charge in [-0.05, 0) is 36.3 Å². The van der Waals surface area contributed by atoms with E-state index in [0.717, 1.165) is 4.90 Å². The highest BCUT2D eigenvalue weighted by atomic mass is 32.2. The number of carbonyl (C=O) groups is 4. The van der Waals surface area contributed by atoms with Gasteiger partial charge in [-0.25, -0.2) is 9.78 Å². The molecule has 38 heavy (non-hydrogen) atoms. The third-order valence-corrected chi connectivity index (χ3v) is 8.66. The number of pyridine rings is 1. The normalized spacial score (nSPS) is 21.9. The predicted molar refractivity (Wildman–Crippen MR) is 143 cm³/mol. The monoisotopic (exact) mass is 552 g/mol. The van der Waals surface area contributed by atoms with Gasteiger partial charge in [0, 0.05) is 28.8 Å². The number of allylic oxidation sites excluding steroid dienone is 1. The van der Waals surface area contributed by atoms with Crippen molar-refractivity contribution in [2.75, 3.05) is 30.1 Å². The van der Waals surface area contributed by atoms with Gasteiger partial charge in [-0.1, -0.05) is 18.2 Å². The number of β-lactam (4-membered cyclic amide) rings is 1. The molecule has 0 saturated carbocycles. The van der Waals surface area contributed by atoms with Crippen LogP contribution in [-0.2, 0) is 19.2 Å². The molecule has 3 aliphatic rings. The van der Waals surface area contributed by atoms with Gasteiger partial charge < -0.3 is 20.1 Å². The number of carbonyl (C=O) groups excluding carboxylic acids is 3. The minimum absolute atomic E-state index is 0.145. The standard InChI is InChI=1S/C26H24N4O6S2/c1-36-20-8-7-17(12-27-20)29-10-9-15(23(29)32)11-16-13-38-25-21(24(33)30(25)22(16)26(34)35)28-19(31)14-37-18-5-3-2-4-6-18/h2-8,11-12,21,25H,9-10,13-14H2,1H3,(H,28,31)(H,34,35)/b15-11+/t21-,25-/m1/s1. The number of fused-ring (bicyclic) bond motifs is 1. The lowest BCUT2D eigenvalue weighted by Gasteiger charge is -2.49. The Bertz CT molecular complexity index is 1350. The van der Waals surface area contributed by atoms with Crippen molar-refractivity contribution in [1.82, 2.24) is 15.2 Å². The summed E-state index contributed by atoms with van der Waals surface area (Å²) < 4.78 is 5.06. The molecular formula is C26H24N4O6S2. The molecule has 0 bridgehead atoms. The van der Waals surface area contributed by atoms with Crippen molar-refractivity contribution in [2.24, 2.45) is 0 Å². The van der Waals surface area contributed by atoms with Gasteiger partial charge in [0.25, 0.3) is 11.8 Å². The summed E-state index contributed by atoms with van der Waals surface area (Å²) >= 11 is 2.72. The van der Waals surface area contributed by atoms with E-state index in [1.807, 2.05) is 30.3 Å². The zero-order valence-electron chi connectivity index (χ0n) is 20.3. The maximum atomic E-state index is 13.1. The Labute approximate surface area is 227 Å². The average molecular weight is 553 g/mol. The lowest BCUT2D eigenvalue weighted by molar-refractivity contribution is -0.150.